The van der Waals surface area contributed by atoms with E-state index in [1.54, 1.807) is 36.4 Å². The predicted molar refractivity (Wildman–Crippen MR) is 109 cm³/mol. The third kappa shape index (κ3) is 5.37. The van der Waals surface area contributed by atoms with Crippen LogP contribution in [0.25, 0.3) is 5.69 Å². The maximum atomic E-state index is 12.3. The zero-order valence-electron chi connectivity index (χ0n) is 14.9. The molecule has 0 atom stereocenters. The standard InChI is InChI=1S/C17H14Cl2N6O3S/c1-28-14-7-4-11(19)8-13(14)16(27)21-20-15(26)9-29-17-22-23-24-25(17)12-5-2-10(18)3-6-12/h2-8H,9H2,1H3,(H,20,26)(H,21,27). The van der Waals surface area contributed by atoms with Gasteiger partial charge in [-0.1, -0.05) is 35.0 Å². The Balaban J connectivity index is 1.56. The van der Waals surface area contributed by atoms with Gasteiger partial charge >= 0.3 is 0 Å². The maximum Gasteiger partial charge on any atom is 0.273 e. The largest absolute Gasteiger partial charge is 0.496 e. The third-order valence-corrected chi connectivity index (χ3v) is 4.97. The minimum absolute atomic E-state index is 0.0269. The first-order chi connectivity index (χ1) is 14.0. The summed E-state index contributed by atoms with van der Waals surface area (Å²) in [6.07, 6.45) is 0. The second-order valence-corrected chi connectivity index (χ2v) is 7.30. The number of halogens is 2. The number of hydrogen-bond donors (Lipinski definition) is 2. The topological polar surface area (TPSA) is 111 Å². The average molecular weight is 453 g/mol. The predicted octanol–water partition coefficient (Wildman–Crippen LogP) is 2.53. The molecule has 0 bridgehead atoms. The molecule has 29 heavy (non-hydrogen) atoms. The molecule has 150 valence electrons. The Kier molecular flexibility index (Phi) is 6.91. The lowest BCUT2D eigenvalue weighted by molar-refractivity contribution is -0.119. The highest BCUT2D eigenvalue weighted by Gasteiger charge is 2.15. The van der Waals surface area contributed by atoms with Crippen molar-refractivity contribution in [2.24, 2.45) is 0 Å². The number of amides is 2. The number of carbonyl (C=O) groups excluding carboxylic acids is 2. The van der Waals surface area contributed by atoms with E-state index < -0.39 is 11.8 Å². The van der Waals surface area contributed by atoms with E-state index in [0.717, 1.165) is 11.8 Å². The second-order valence-electron chi connectivity index (χ2n) is 5.49. The number of nitrogens with zero attached hydrogens (tertiary/aromatic N) is 4. The van der Waals surface area contributed by atoms with Crippen LogP contribution in [0.1, 0.15) is 10.4 Å². The van der Waals surface area contributed by atoms with Gasteiger partial charge in [-0.3, -0.25) is 20.4 Å². The van der Waals surface area contributed by atoms with Crippen molar-refractivity contribution >= 4 is 46.8 Å². The van der Waals surface area contributed by atoms with Gasteiger partial charge in [-0.25, -0.2) is 0 Å². The highest BCUT2D eigenvalue weighted by Crippen LogP contribution is 2.22. The number of hydrogen-bond acceptors (Lipinski definition) is 7. The Morgan fingerprint density at radius 3 is 2.55 bits per heavy atom. The van der Waals surface area contributed by atoms with Gasteiger partial charge in [0.2, 0.25) is 11.1 Å². The zero-order valence-corrected chi connectivity index (χ0v) is 17.3. The molecule has 0 aliphatic carbocycles. The maximum absolute atomic E-state index is 12.3. The SMILES string of the molecule is COc1ccc(Cl)cc1C(=O)NNC(=O)CSc1nnnn1-c1ccc(Cl)cc1. The third-order valence-electron chi connectivity index (χ3n) is 3.57. The van der Waals surface area contributed by atoms with E-state index in [1.165, 1.54) is 17.9 Å². The molecule has 0 radical (unpaired) electrons. The first kappa shape index (κ1) is 20.9. The molecule has 1 heterocycles. The van der Waals surface area contributed by atoms with Crippen LogP contribution in [0.2, 0.25) is 10.0 Å². The van der Waals surface area contributed by atoms with Gasteiger partial charge in [0.25, 0.3) is 5.91 Å². The fraction of sp³-hybridized carbons (Fsp3) is 0.118. The molecule has 0 aliphatic heterocycles. The summed E-state index contributed by atoms with van der Waals surface area (Å²) in [7, 11) is 1.43. The molecule has 3 rings (SSSR count). The molecule has 0 saturated carbocycles. The Labute approximate surface area is 179 Å². The lowest BCUT2D eigenvalue weighted by atomic mass is 10.2. The molecule has 0 unspecified atom stereocenters. The monoisotopic (exact) mass is 452 g/mol. The van der Waals surface area contributed by atoms with Crippen LogP contribution < -0.4 is 15.6 Å². The number of ether oxygens (including phenoxy) is 1. The number of hydrazine groups is 1. The summed E-state index contributed by atoms with van der Waals surface area (Å²) >= 11 is 12.9. The number of rotatable bonds is 6. The van der Waals surface area contributed by atoms with Gasteiger partial charge in [0.05, 0.1) is 24.1 Å². The smallest absolute Gasteiger partial charge is 0.273 e. The number of aromatic nitrogens is 4. The first-order valence-electron chi connectivity index (χ1n) is 8.08. The molecule has 1 aromatic heterocycles. The van der Waals surface area contributed by atoms with Crippen LogP contribution in [-0.2, 0) is 4.79 Å². The minimum atomic E-state index is -0.561. The van der Waals surface area contributed by atoms with E-state index in [4.69, 9.17) is 27.9 Å². The van der Waals surface area contributed by atoms with E-state index >= 15 is 0 Å². The number of nitrogens with one attached hydrogen (secondary N) is 2. The Morgan fingerprint density at radius 1 is 1.10 bits per heavy atom. The minimum Gasteiger partial charge on any atom is -0.496 e. The van der Waals surface area contributed by atoms with Gasteiger partial charge in [0.15, 0.2) is 0 Å². The molecule has 0 saturated heterocycles. The van der Waals surface area contributed by atoms with Gasteiger partial charge in [0.1, 0.15) is 5.75 Å². The quantitative estimate of drug-likeness (QED) is 0.436. The van der Waals surface area contributed by atoms with Crippen LogP contribution in [0.3, 0.4) is 0 Å². The number of carbonyl (C=O) groups is 2. The summed E-state index contributed by atoms with van der Waals surface area (Å²) in [6.45, 7) is 0. The number of thioether (sulfide) groups is 1. The van der Waals surface area contributed by atoms with Gasteiger partial charge in [-0.15, -0.1) is 5.10 Å². The van der Waals surface area contributed by atoms with E-state index in [1.807, 2.05) is 0 Å². The van der Waals surface area contributed by atoms with E-state index in [-0.39, 0.29) is 11.3 Å². The van der Waals surface area contributed by atoms with Crippen LogP contribution in [0.5, 0.6) is 5.75 Å². The molecule has 0 fully saturated rings. The Bertz CT molecular complexity index is 1030. The molecular weight excluding hydrogens is 439 g/mol. The summed E-state index contributed by atoms with van der Waals surface area (Å²) < 4.78 is 6.59. The van der Waals surface area contributed by atoms with Crippen molar-refractivity contribution in [3.8, 4) is 11.4 Å². The van der Waals surface area contributed by atoms with Crippen molar-refractivity contribution in [3.05, 3.63) is 58.1 Å². The molecule has 12 heteroatoms. The fourth-order valence-corrected chi connectivity index (χ4v) is 3.22. The molecule has 2 aromatic carbocycles. The second kappa shape index (κ2) is 9.59. The molecule has 2 N–H and O–H groups in total. The number of methoxy groups -OCH3 is 1. The van der Waals surface area contributed by atoms with Gasteiger partial charge in [0, 0.05) is 10.0 Å². The van der Waals surface area contributed by atoms with Crippen LogP contribution >= 0.6 is 35.0 Å². The van der Waals surface area contributed by atoms with E-state index in [0.29, 0.717) is 26.6 Å². The van der Waals surface area contributed by atoms with Crippen molar-refractivity contribution in [2.45, 2.75) is 5.16 Å². The lowest BCUT2D eigenvalue weighted by Gasteiger charge is -2.10. The normalized spacial score (nSPS) is 10.4. The molecule has 0 aliphatic rings. The van der Waals surface area contributed by atoms with Crippen molar-refractivity contribution in [2.75, 3.05) is 12.9 Å². The van der Waals surface area contributed by atoms with Gasteiger partial charge < -0.3 is 4.74 Å². The van der Waals surface area contributed by atoms with Crippen LogP contribution in [0.15, 0.2) is 47.6 Å². The lowest BCUT2D eigenvalue weighted by Crippen LogP contribution is -2.42. The summed E-state index contributed by atoms with van der Waals surface area (Å²) in [5.41, 5.74) is 5.54. The molecule has 3 aromatic rings. The molecule has 9 nitrogen and oxygen atoms in total. The summed E-state index contributed by atoms with van der Waals surface area (Å²) in [5, 5.41) is 12.8. The van der Waals surface area contributed by atoms with E-state index in [2.05, 4.69) is 26.4 Å². The number of benzene rings is 2. The number of tetrazole rings is 1. The van der Waals surface area contributed by atoms with Crippen molar-refractivity contribution in [1.29, 1.82) is 0 Å². The van der Waals surface area contributed by atoms with Crippen LogP contribution in [0.4, 0.5) is 0 Å². The molecule has 2 amide bonds. The highest BCUT2D eigenvalue weighted by molar-refractivity contribution is 7.99. The van der Waals surface area contributed by atoms with Gasteiger partial charge in [-0.05, 0) is 52.9 Å². The first-order valence-corrected chi connectivity index (χ1v) is 9.82. The van der Waals surface area contributed by atoms with Crippen molar-refractivity contribution in [1.82, 2.24) is 31.1 Å². The van der Waals surface area contributed by atoms with Crippen LogP contribution in [-0.4, -0.2) is 44.9 Å². The summed E-state index contributed by atoms with van der Waals surface area (Å²) in [4.78, 5) is 24.4. The highest BCUT2D eigenvalue weighted by atomic mass is 35.5. The Morgan fingerprint density at radius 2 is 1.83 bits per heavy atom. The van der Waals surface area contributed by atoms with E-state index in [9.17, 15) is 9.59 Å². The fourth-order valence-electron chi connectivity index (χ4n) is 2.23. The molecular formula is C17H14Cl2N6O3S. The van der Waals surface area contributed by atoms with Gasteiger partial charge in [-0.2, -0.15) is 4.68 Å². The molecule has 0 spiro atoms. The Hall–Kier alpha value is -2.82. The van der Waals surface area contributed by atoms with Crippen molar-refractivity contribution < 1.29 is 14.3 Å². The van der Waals surface area contributed by atoms with Crippen LogP contribution in [0, 0.1) is 0 Å². The summed E-state index contributed by atoms with van der Waals surface area (Å²) in [6, 6.07) is 11.5. The summed E-state index contributed by atoms with van der Waals surface area (Å²) in [5.74, 6) is -0.706. The average Bonchev–Trinajstić information content (AvgIpc) is 3.19. The zero-order chi connectivity index (χ0) is 20.8. The van der Waals surface area contributed by atoms with Crippen molar-refractivity contribution in [3.63, 3.8) is 0 Å².